The van der Waals surface area contributed by atoms with Gasteiger partial charge in [0.05, 0.1) is 12.4 Å². The van der Waals surface area contributed by atoms with Crippen molar-refractivity contribution in [3.63, 3.8) is 0 Å². The van der Waals surface area contributed by atoms with E-state index in [1.165, 1.54) is 10.9 Å². The minimum atomic E-state index is -4.77. The van der Waals surface area contributed by atoms with Crippen LogP contribution in [0.3, 0.4) is 0 Å². The normalized spacial score (nSPS) is 34.4. The largest absolute Gasteiger partial charge is 0.393 e. The van der Waals surface area contributed by atoms with Crippen molar-refractivity contribution >= 4 is 43.7 Å². The van der Waals surface area contributed by atoms with Gasteiger partial charge in [0.1, 0.15) is 24.2 Å². The molecule has 0 aromatic carbocycles. The van der Waals surface area contributed by atoms with E-state index in [4.69, 9.17) is 26.1 Å². The summed E-state index contributed by atoms with van der Waals surface area (Å²) in [7, 11) is -9.21. The zero-order valence-electron chi connectivity index (χ0n) is 18.8. The summed E-state index contributed by atoms with van der Waals surface area (Å²) in [5, 5.41) is 33.3. The number of hydrogen-bond acceptors (Lipinski definition) is 10. The fourth-order valence-corrected chi connectivity index (χ4v) is 8.42. The number of hydrogen-bond donors (Lipinski definition) is 7. The van der Waals surface area contributed by atoms with Crippen LogP contribution in [0.25, 0.3) is 11.2 Å². The number of aromatic nitrogens is 4. The maximum absolute atomic E-state index is 12.0. The van der Waals surface area contributed by atoms with Crippen molar-refractivity contribution < 1.29 is 43.9 Å². The summed E-state index contributed by atoms with van der Waals surface area (Å²) >= 11 is 6.24. The molecule has 3 fully saturated rings. The molecule has 0 radical (unpaired) electrons. The van der Waals surface area contributed by atoms with Crippen LogP contribution in [-0.2, 0) is 13.9 Å². The molecule has 36 heavy (non-hydrogen) atoms. The number of nitrogens with zero attached hydrogens (tertiary/aromatic N) is 5. The molecule has 0 amide bonds. The highest BCUT2D eigenvalue weighted by Crippen LogP contribution is 2.52. The van der Waals surface area contributed by atoms with E-state index < -0.39 is 52.1 Å². The average molecular weight is 569 g/mol. The first-order chi connectivity index (χ1) is 16.8. The second kappa shape index (κ2) is 9.51. The van der Waals surface area contributed by atoms with Crippen LogP contribution in [0.4, 0.5) is 5.82 Å². The number of nitrogens with one attached hydrogen (secondary N) is 1. The third-order valence-corrected chi connectivity index (χ3v) is 10.7. The molecule has 2 aromatic heterocycles. The first-order valence-corrected chi connectivity index (χ1v) is 15.3. The van der Waals surface area contributed by atoms with E-state index in [2.05, 4.69) is 24.9 Å². The Hall–Kier alpha value is -1.22. The zero-order valence-corrected chi connectivity index (χ0v) is 21.3. The van der Waals surface area contributed by atoms with E-state index in [0.29, 0.717) is 24.2 Å². The van der Waals surface area contributed by atoms with Crippen LogP contribution in [0.2, 0.25) is 5.28 Å². The fourth-order valence-electron chi connectivity index (χ4n) is 5.40. The van der Waals surface area contributed by atoms with Crippen LogP contribution in [-0.4, -0.2) is 98.5 Å². The van der Waals surface area contributed by atoms with Crippen LogP contribution in [0.5, 0.6) is 0 Å². The van der Waals surface area contributed by atoms with Crippen molar-refractivity contribution in [2.45, 2.75) is 68.4 Å². The summed E-state index contributed by atoms with van der Waals surface area (Å²) in [6, 6.07) is 0.150. The Labute approximate surface area is 209 Å². The van der Waals surface area contributed by atoms with Gasteiger partial charge in [0, 0.05) is 18.6 Å². The van der Waals surface area contributed by atoms with Crippen LogP contribution < -0.4 is 9.99 Å². The van der Waals surface area contributed by atoms with E-state index >= 15 is 0 Å². The minimum absolute atomic E-state index is 0.0605. The predicted octanol–water partition coefficient (Wildman–Crippen LogP) is -0.499. The molecular weight excluding hydrogens is 542 g/mol. The van der Waals surface area contributed by atoms with E-state index in [1.807, 2.05) is 0 Å². The quantitative estimate of drug-likeness (QED) is 0.165. The van der Waals surface area contributed by atoms with Crippen LogP contribution >= 0.6 is 26.7 Å². The van der Waals surface area contributed by atoms with Gasteiger partial charge in [0.2, 0.25) is 5.28 Å². The highest BCUT2D eigenvalue weighted by molar-refractivity contribution is 7.71. The summed E-state index contributed by atoms with van der Waals surface area (Å²) < 4.78 is 30.2. The number of halogens is 1. The van der Waals surface area contributed by atoms with E-state index in [1.54, 1.807) is 0 Å². The average Bonchev–Trinajstić information content (AvgIpc) is 3.38. The molecule has 2 aromatic rings. The number of piperidine rings is 1. The Morgan fingerprint density at radius 3 is 2.39 bits per heavy atom. The molecule has 5 rings (SSSR count). The Balaban J connectivity index is 1.39. The number of imidazole rings is 1. The summed E-state index contributed by atoms with van der Waals surface area (Å²) in [6.45, 7) is -0.463. The Morgan fingerprint density at radius 1 is 1.08 bits per heavy atom. The van der Waals surface area contributed by atoms with Gasteiger partial charge in [-0.3, -0.25) is 13.7 Å². The van der Waals surface area contributed by atoms with Crippen molar-refractivity contribution in [3.8, 4) is 0 Å². The standard InChI is InChI=1S/C18H27ClN6O9P2/c19-18-22-15-12(16(23-18)25-8-1-2-9(25)4-10(26)3-8)20-6-24(15)17-14(28)13(27)11(34-17)5-21-35(29,30)7-36(31,32)33/h6,8-11,13-14,17,26-28H,1-5,7H2,(H2,21,29,30)(H2,31,32,33)/t8?,9?,10?,11-,13?,14?,17-/m1/s1. The molecular formula is C18H27ClN6O9P2. The molecule has 3 aliphatic rings. The number of aliphatic hydroxyl groups excluding tert-OH is 3. The molecule has 2 bridgehead atoms. The zero-order chi connectivity index (χ0) is 26.0. The lowest BCUT2D eigenvalue weighted by Crippen LogP contribution is -2.45. The number of ether oxygens (including phenoxy) is 1. The van der Waals surface area contributed by atoms with Crippen molar-refractivity contribution in [1.82, 2.24) is 24.6 Å². The number of fused-ring (bicyclic) bond motifs is 3. The predicted molar refractivity (Wildman–Crippen MR) is 126 cm³/mol. The smallest absolute Gasteiger partial charge is 0.336 e. The van der Waals surface area contributed by atoms with E-state index in [9.17, 15) is 29.3 Å². The monoisotopic (exact) mass is 568 g/mol. The van der Waals surface area contributed by atoms with Gasteiger partial charge in [-0.2, -0.15) is 9.97 Å². The third kappa shape index (κ3) is 5.07. The van der Waals surface area contributed by atoms with Gasteiger partial charge < -0.3 is 39.6 Å². The Bertz CT molecular complexity index is 1230. The number of anilines is 1. The van der Waals surface area contributed by atoms with E-state index in [0.717, 1.165) is 12.8 Å². The second-order valence-electron chi connectivity index (χ2n) is 9.47. The molecule has 7 N–H and O–H groups in total. The maximum atomic E-state index is 12.0. The van der Waals surface area contributed by atoms with Crippen molar-refractivity contribution in [1.29, 1.82) is 0 Å². The molecule has 7 atom stereocenters. The molecule has 200 valence electrons. The van der Waals surface area contributed by atoms with Crippen LogP contribution in [0, 0.1) is 0 Å². The minimum Gasteiger partial charge on any atom is -0.393 e. The second-order valence-corrected chi connectivity index (χ2v) is 14.0. The first-order valence-electron chi connectivity index (χ1n) is 11.3. The molecule has 5 heterocycles. The number of aliphatic hydroxyl groups is 3. The SMILES string of the molecule is O=P(O)(O)CP(=O)(O)NC[C@H]1O[C@@H](n2cnc3c(N4C5CCC4CC(O)C5)nc(Cl)nc32)C(O)C1O. The summed E-state index contributed by atoms with van der Waals surface area (Å²) in [6.07, 6.45) is -1.37. The topological polar surface area (TPSA) is 224 Å². The summed E-state index contributed by atoms with van der Waals surface area (Å²) in [5.74, 6) is -0.776. The fraction of sp³-hybridized carbons (Fsp3) is 0.722. The molecule has 0 aliphatic carbocycles. The molecule has 0 saturated carbocycles. The van der Waals surface area contributed by atoms with Crippen molar-refractivity contribution in [3.05, 3.63) is 11.6 Å². The van der Waals surface area contributed by atoms with Gasteiger partial charge in [0.15, 0.2) is 23.2 Å². The molecule has 15 nitrogen and oxygen atoms in total. The number of rotatable bonds is 7. The van der Waals surface area contributed by atoms with Crippen LogP contribution in [0.1, 0.15) is 31.9 Å². The lowest BCUT2D eigenvalue weighted by molar-refractivity contribution is -0.0331. The van der Waals surface area contributed by atoms with Gasteiger partial charge in [0.25, 0.3) is 7.52 Å². The van der Waals surface area contributed by atoms with Crippen molar-refractivity contribution in [2.24, 2.45) is 0 Å². The van der Waals surface area contributed by atoms with Gasteiger partial charge in [-0.1, -0.05) is 0 Å². The molecule has 5 unspecified atom stereocenters. The van der Waals surface area contributed by atoms with Gasteiger partial charge >= 0.3 is 7.60 Å². The maximum Gasteiger partial charge on any atom is 0.336 e. The third-order valence-electron chi connectivity index (χ3n) is 6.86. The summed E-state index contributed by atoms with van der Waals surface area (Å²) in [5.41, 5.74) is 0.649. The Kier molecular flexibility index (Phi) is 6.97. The van der Waals surface area contributed by atoms with Gasteiger partial charge in [-0.25, -0.2) is 10.1 Å². The van der Waals surface area contributed by atoms with Gasteiger partial charge in [-0.15, -0.1) is 0 Å². The molecule has 3 aliphatic heterocycles. The van der Waals surface area contributed by atoms with Gasteiger partial charge in [-0.05, 0) is 37.3 Å². The highest BCUT2D eigenvalue weighted by Gasteiger charge is 2.46. The highest BCUT2D eigenvalue weighted by atomic mass is 35.5. The Morgan fingerprint density at radius 2 is 1.75 bits per heavy atom. The van der Waals surface area contributed by atoms with E-state index in [-0.39, 0.29) is 29.1 Å². The molecule has 0 spiro atoms. The van der Waals surface area contributed by atoms with Crippen molar-refractivity contribution in [2.75, 3.05) is 17.3 Å². The molecule has 3 saturated heterocycles. The first kappa shape index (κ1) is 26.4. The van der Waals surface area contributed by atoms with Crippen LogP contribution in [0.15, 0.2) is 6.33 Å². The molecule has 18 heteroatoms. The lowest BCUT2D eigenvalue weighted by atomic mass is 10.00. The lowest BCUT2D eigenvalue weighted by Gasteiger charge is -2.38. The summed E-state index contributed by atoms with van der Waals surface area (Å²) in [4.78, 5) is 42.9.